The number of fused-ring (bicyclic) bond motifs is 1. The number of piperazine rings is 1. The Balaban J connectivity index is 0.783. The summed E-state index contributed by atoms with van der Waals surface area (Å²) in [6.45, 7) is 16.6. The van der Waals surface area contributed by atoms with Crippen molar-refractivity contribution in [2.45, 2.75) is 91.0 Å². The largest absolute Gasteiger partial charge is 0.375 e. The van der Waals surface area contributed by atoms with Crippen molar-refractivity contribution in [2.24, 2.45) is 22.7 Å². The van der Waals surface area contributed by atoms with Gasteiger partial charge in [0.05, 0.1) is 23.4 Å². The summed E-state index contributed by atoms with van der Waals surface area (Å²) in [4.78, 5) is 91.1. The van der Waals surface area contributed by atoms with E-state index in [4.69, 9.17) is 4.98 Å². The highest BCUT2D eigenvalue weighted by Gasteiger charge is 2.33. The quantitative estimate of drug-likeness (QED) is 0.106. The lowest BCUT2D eigenvalue weighted by Gasteiger charge is -2.40. The molecule has 16 heteroatoms. The van der Waals surface area contributed by atoms with Gasteiger partial charge in [-0.3, -0.25) is 38.8 Å². The van der Waals surface area contributed by atoms with E-state index in [2.05, 4.69) is 53.9 Å². The van der Waals surface area contributed by atoms with Gasteiger partial charge in [0.1, 0.15) is 11.5 Å². The predicted octanol–water partition coefficient (Wildman–Crippen LogP) is 5.17. The fourth-order valence-corrected chi connectivity index (χ4v) is 10.4. The van der Waals surface area contributed by atoms with Crippen molar-refractivity contribution in [3.63, 3.8) is 0 Å². The van der Waals surface area contributed by atoms with E-state index in [-0.39, 0.29) is 46.6 Å². The van der Waals surface area contributed by atoms with E-state index in [0.29, 0.717) is 60.2 Å². The summed E-state index contributed by atoms with van der Waals surface area (Å²) < 4.78 is 1.71. The number of amides is 3. The van der Waals surface area contributed by atoms with E-state index < -0.39 is 5.92 Å². The van der Waals surface area contributed by atoms with E-state index in [1.54, 1.807) is 23.9 Å². The monoisotopic (exact) mass is 859 g/mol. The molecule has 1 atom stereocenters. The number of allylic oxidation sites excluding steroid dienone is 2. The average Bonchev–Trinajstić information content (AvgIpc) is 3.81. The molecule has 4 saturated heterocycles. The summed E-state index contributed by atoms with van der Waals surface area (Å²) in [5.74, 6) is 0.731. The number of ketones is 1. The van der Waals surface area contributed by atoms with Crippen molar-refractivity contribution in [1.29, 1.82) is 0 Å². The Labute approximate surface area is 368 Å². The van der Waals surface area contributed by atoms with Crippen LogP contribution < -0.4 is 21.1 Å². The summed E-state index contributed by atoms with van der Waals surface area (Å²) in [7, 11) is 0. The molecular formula is C47H61N11O5. The topological polar surface area (TPSA) is 178 Å². The number of carbonyl (C=O) groups is 4. The number of hydrogen-bond acceptors (Lipinski definition) is 13. The number of piperidine rings is 3. The average molecular weight is 860 g/mol. The van der Waals surface area contributed by atoms with Crippen LogP contribution in [0.4, 0.5) is 17.5 Å². The summed E-state index contributed by atoms with van der Waals surface area (Å²) in [5.41, 5.74) is 3.95. The second-order valence-electron chi connectivity index (χ2n) is 18.0. The highest BCUT2D eigenvalue weighted by atomic mass is 16.2. The van der Waals surface area contributed by atoms with Gasteiger partial charge in [-0.15, -0.1) is 0 Å². The lowest BCUT2D eigenvalue weighted by Crippen LogP contribution is -2.52. The van der Waals surface area contributed by atoms with Gasteiger partial charge in [-0.1, -0.05) is 12.8 Å². The molecule has 0 bridgehead atoms. The number of aliphatic imine (C=N–C) groups is 1. The van der Waals surface area contributed by atoms with Gasteiger partial charge in [0, 0.05) is 87.7 Å². The van der Waals surface area contributed by atoms with E-state index in [1.165, 1.54) is 6.92 Å². The Morgan fingerprint density at radius 1 is 0.889 bits per heavy atom. The Kier molecular flexibility index (Phi) is 13.4. The van der Waals surface area contributed by atoms with Gasteiger partial charge in [0.2, 0.25) is 23.7 Å². The Morgan fingerprint density at radius 3 is 2.27 bits per heavy atom. The number of hydrogen-bond donors (Lipinski definition) is 2. The number of likely N-dealkylation sites (tertiary alicyclic amines) is 2. The smallest absolute Gasteiger partial charge is 0.263 e. The fourth-order valence-electron chi connectivity index (χ4n) is 10.4. The Hall–Kier alpha value is -5.77. The molecule has 0 aromatic carbocycles. The molecule has 8 rings (SSSR count). The summed E-state index contributed by atoms with van der Waals surface area (Å²) in [6, 6.07) is 3.91. The molecule has 334 valence electrons. The Morgan fingerprint density at radius 2 is 1.62 bits per heavy atom. The van der Waals surface area contributed by atoms with Crippen LogP contribution in [0.3, 0.4) is 0 Å². The van der Waals surface area contributed by atoms with E-state index >= 15 is 0 Å². The van der Waals surface area contributed by atoms with Gasteiger partial charge < -0.3 is 24.9 Å². The maximum atomic E-state index is 13.7. The molecule has 1 aliphatic carbocycles. The van der Waals surface area contributed by atoms with Gasteiger partial charge in [-0.2, -0.15) is 4.98 Å². The summed E-state index contributed by atoms with van der Waals surface area (Å²) in [5, 5.41) is 6.37. The summed E-state index contributed by atoms with van der Waals surface area (Å²) >= 11 is 0. The third kappa shape index (κ3) is 9.75. The molecule has 16 nitrogen and oxygen atoms in total. The number of carbonyl (C=O) groups excluding carboxylic acids is 4. The molecule has 2 N–H and O–H groups in total. The van der Waals surface area contributed by atoms with E-state index in [9.17, 15) is 24.0 Å². The minimum atomic E-state index is -0.395. The van der Waals surface area contributed by atoms with E-state index in [1.807, 2.05) is 29.3 Å². The first kappa shape index (κ1) is 43.9. The van der Waals surface area contributed by atoms with Crippen molar-refractivity contribution >= 4 is 58.7 Å². The van der Waals surface area contributed by atoms with Crippen molar-refractivity contribution in [2.75, 3.05) is 69.1 Å². The van der Waals surface area contributed by atoms with Crippen LogP contribution in [-0.4, -0.2) is 123 Å². The number of nitrogens with one attached hydrogen (secondary N) is 2. The number of imide groups is 1. The van der Waals surface area contributed by atoms with Gasteiger partial charge in [-0.05, 0) is 121 Å². The van der Waals surface area contributed by atoms with Gasteiger partial charge in [0.15, 0.2) is 5.78 Å². The standard InChI is InChI=1S/C47H61N11O5/c1-30(25-35(26-48-4)38-10-12-41(60)52-44(38)61)55-19-13-33(14-20-55)29-54-17-15-34(16-18-54)45(62)57-23-21-56(22-24-57)37-9-11-40(49-27-37)51-47-50-28-39-31(2)42(32(3)59)46(63)58(43(39)53-47)36-7-5-6-8-36/h9,11,25-28,33-34,36,38H,4-8,10,12-24,29H2,1-3H3,(H,52,60,61)(H,49,50,51,53)/b30-25+,35-26+. The number of anilines is 3. The molecule has 63 heavy (non-hydrogen) atoms. The van der Waals surface area contributed by atoms with Crippen LogP contribution in [0.15, 0.2) is 57.9 Å². The number of aryl methyl sites for hydroxylation is 1. The first-order chi connectivity index (χ1) is 30.5. The normalized spacial score (nSPS) is 21.6. The SMILES string of the molecule is C=N/C=C(\C=C(/C)N1CCC(CN2CCC(C(=O)N3CCN(c4ccc(Nc5ncc6c(C)c(C(C)=O)c(=O)n(C7CCCC7)c6n5)nc4)CC3)CC2)CC1)C1CCC(=O)NC1=O. The van der Waals surface area contributed by atoms with E-state index in [0.717, 1.165) is 114 Å². The molecule has 7 heterocycles. The molecule has 0 radical (unpaired) electrons. The number of aromatic nitrogens is 4. The number of nitrogens with zero attached hydrogens (tertiary/aromatic N) is 9. The molecule has 1 unspecified atom stereocenters. The number of rotatable bonds is 12. The van der Waals surface area contributed by atoms with Crippen molar-refractivity contribution in [3.8, 4) is 0 Å². The van der Waals surface area contributed by atoms with Crippen molar-refractivity contribution in [1.82, 2.24) is 39.5 Å². The molecule has 0 spiro atoms. The van der Waals surface area contributed by atoms with Crippen molar-refractivity contribution in [3.05, 3.63) is 69.6 Å². The zero-order valence-corrected chi connectivity index (χ0v) is 37.0. The van der Waals surface area contributed by atoms with Crippen LogP contribution in [0.5, 0.6) is 0 Å². The van der Waals surface area contributed by atoms with Gasteiger partial charge in [-0.25, -0.2) is 9.97 Å². The molecule has 3 amide bonds. The fraction of sp³-hybridized carbons (Fsp3) is 0.553. The number of Topliss-reactive ketones (excluding diaryl/α,β-unsaturated/α-hetero) is 1. The van der Waals surface area contributed by atoms with Crippen LogP contribution in [0.1, 0.15) is 100 Å². The zero-order valence-electron chi connectivity index (χ0n) is 37.0. The molecule has 1 saturated carbocycles. The third-order valence-electron chi connectivity index (χ3n) is 14.0. The highest BCUT2D eigenvalue weighted by Crippen LogP contribution is 2.33. The first-order valence-corrected chi connectivity index (χ1v) is 22.8. The number of pyridine rings is 2. The van der Waals surface area contributed by atoms with Crippen LogP contribution in [0.25, 0.3) is 11.0 Å². The third-order valence-corrected chi connectivity index (χ3v) is 14.0. The minimum absolute atomic E-state index is 0.00372. The zero-order chi connectivity index (χ0) is 44.2. The maximum Gasteiger partial charge on any atom is 0.263 e. The van der Waals surface area contributed by atoms with Crippen LogP contribution in [0.2, 0.25) is 0 Å². The molecule has 5 aliphatic rings. The summed E-state index contributed by atoms with van der Waals surface area (Å²) in [6.07, 6.45) is 15.8. The molecule has 3 aromatic heterocycles. The first-order valence-electron chi connectivity index (χ1n) is 22.8. The highest BCUT2D eigenvalue weighted by molar-refractivity contribution is 6.00. The Bertz CT molecular complexity index is 2340. The second-order valence-corrected chi connectivity index (χ2v) is 18.0. The predicted molar refractivity (Wildman–Crippen MR) is 243 cm³/mol. The van der Waals surface area contributed by atoms with Crippen molar-refractivity contribution < 1.29 is 19.2 Å². The molecular weight excluding hydrogens is 799 g/mol. The van der Waals surface area contributed by atoms with Crippen LogP contribution in [-0.2, 0) is 14.4 Å². The molecule has 5 fully saturated rings. The molecule has 3 aromatic rings. The second kappa shape index (κ2) is 19.3. The van der Waals surface area contributed by atoms with Crippen LogP contribution in [0, 0.1) is 24.7 Å². The lowest BCUT2D eigenvalue weighted by molar-refractivity contribution is -0.137. The van der Waals surface area contributed by atoms with Gasteiger partial charge in [0.25, 0.3) is 5.56 Å². The van der Waals surface area contributed by atoms with Crippen LogP contribution >= 0.6 is 0 Å². The lowest BCUT2D eigenvalue weighted by atomic mass is 9.89. The molecule has 4 aliphatic heterocycles. The van der Waals surface area contributed by atoms with Gasteiger partial charge >= 0.3 is 0 Å². The minimum Gasteiger partial charge on any atom is -0.375 e. The maximum absolute atomic E-state index is 13.7.